The lowest BCUT2D eigenvalue weighted by atomic mass is 10.2. The molecule has 0 amide bonds. The number of carbonyl (C=O) groups is 1. The van der Waals surface area contributed by atoms with Crippen molar-refractivity contribution in [3.8, 4) is 5.69 Å². The van der Waals surface area contributed by atoms with Crippen LogP contribution in [0.4, 0.5) is 0 Å². The number of benzene rings is 1. The molecule has 2 heterocycles. The van der Waals surface area contributed by atoms with Crippen LogP contribution in [0.2, 0.25) is 0 Å². The number of pyridine rings is 1. The van der Waals surface area contributed by atoms with E-state index in [4.69, 9.17) is 0 Å². The first-order valence-corrected chi connectivity index (χ1v) is 7.03. The fourth-order valence-electron chi connectivity index (χ4n) is 1.82. The molecule has 21 heavy (non-hydrogen) atoms. The third-order valence-corrected chi connectivity index (χ3v) is 3.87. The molecule has 0 aliphatic heterocycles. The van der Waals surface area contributed by atoms with Gasteiger partial charge in [-0.05, 0) is 52.9 Å². The number of nitrogens with zero attached hydrogens (tertiary/aromatic N) is 5. The van der Waals surface area contributed by atoms with Crippen molar-refractivity contribution in [1.29, 1.82) is 0 Å². The molecule has 0 N–H and O–H groups in total. The average molecular weight is 297 g/mol. The molecule has 0 atom stereocenters. The first-order chi connectivity index (χ1) is 10.3. The first kappa shape index (κ1) is 13.4. The monoisotopic (exact) mass is 297 g/mol. The van der Waals surface area contributed by atoms with Crippen molar-refractivity contribution in [1.82, 2.24) is 25.2 Å². The summed E-state index contributed by atoms with van der Waals surface area (Å²) in [5.74, 6) is 0. The zero-order valence-corrected chi connectivity index (χ0v) is 12.0. The molecular formula is C14H11N5OS. The second-order valence-electron chi connectivity index (χ2n) is 4.32. The predicted octanol–water partition coefficient (Wildman–Crippen LogP) is 2.33. The van der Waals surface area contributed by atoms with Gasteiger partial charge in [0.25, 0.3) is 0 Å². The van der Waals surface area contributed by atoms with Crippen LogP contribution in [-0.2, 0) is 0 Å². The summed E-state index contributed by atoms with van der Waals surface area (Å²) in [5.41, 5.74) is 2.35. The normalized spacial score (nSPS) is 10.5. The second kappa shape index (κ2) is 5.84. The molecule has 0 bridgehead atoms. The number of aldehydes is 1. The zero-order chi connectivity index (χ0) is 14.7. The van der Waals surface area contributed by atoms with Gasteiger partial charge in [-0.15, -0.1) is 5.10 Å². The fraction of sp³-hybridized carbons (Fsp3) is 0.0714. The van der Waals surface area contributed by atoms with Crippen LogP contribution in [0, 0.1) is 6.92 Å². The molecular weight excluding hydrogens is 286 g/mol. The minimum atomic E-state index is 0.555. The van der Waals surface area contributed by atoms with E-state index in [0.29, 0.717) is 10.7 Å². The number of aryl methyl sites for hydroxylation is 1. The van der Waals surface area contributed by atoms with E-state index in [-0.39, 0.29) is 0 Å². The van der Waals surface area contributed by atoms with Crippen LogP contribution in [-0.4, -0.2) is 31.5 Å². The lowest BCUT2D eigenvalue weighted by Crippen LogP contribution is -1.99. The van der Waals surface area contributed by atoms with Crippen LogP contribution in [0.25, 0.3) is 5.69 Å². The zero-order valence-electron chi connectivity index (χ0n) is 11.2. The van der Waals surface area contributed by atoms with Gasteiger partial charge < -0.3 is 0 Å². The SMILES string of the molecule is Cc1cc(C=O)cnc1Sc1nnnn1-c1ccccc1. The summed E-state index contributed by atoms with van der Waals surface area (Å²) in [7, 11) is 0. The summed E-state index contributed by atoms with van der Waals surface area (Å²) in [4.78, 5) is 15.0. The third kappa shape index (κ3) is 2.82. The van der Waals surface area contributed by atoms with Crippen LogP contribution in [0.5, 0.6) is 0 Å². The Balaban J connectivity index is 1.93. The largest absolute Gasteiger partial charge is 0.298 e. The Morgan fingerprint density at radius 3 is 2.76 bits per heavy atom. The maximum Gasteiger partial charge on any atom is 0.220 e. The Kier molecular flexibility index (Phi) is 3.74. The third-order valence-electron chi connectivity index (χ3n) is 2.82. The van der Waals surface area contributed by atoms with Crippen molar-refractivity contribution in [2.24, 2.45) is 0 Å². The fourth-order valence-corrected chi connectivity index (χ4v) is 2.62. The van der Waals surface area contributed by atoms with Crippen LogP contribution in [0.1, 0.15) is 15.9 Å². The maximum atomic E-state index is 10.7. The minimum absolute atomic E-state index is 0.555. The number of aromatic nitrogens is 5. The molecule has 0 saturated heterocycles. The highest BCUT2D eigenvalue weighted by Crippen LogP contribution is 2.27. The average Bonchev–Trinajstić information content (AvgIpc) is 2.98. The van der Waals surface area contributed by atoms with E-state index in [0.717, 1.165) is 22.6 Å². The topological polar surface area (TPSA) is 73.6 Å². The predicted molar refractivity (Wildman–Crippen MR) is 77.6 cm³/mol. The number of tetrazole rings is 1. The highest BCUT2D eigenvalue weighted by atomic mass is 32.2. The van der Waals surface area contributed by atoms with E-state index in [1.807, 2.05) is 37.3 Å². The van der Waals surface area contributed by atoms with Gasteiger partial charge >= 0.3 is 0 Å². The molecule has 0 aliphatic rings. The quantitative estimate of drug-likeness (QED) is 0.688. The molecule has 0 fully saturated rings. The molecule has 7 heteroatoms. The number of rotatable bonds is 4. The van der Waals surface area contributed by atoms with Gasteiger partial charge in [0.15, 0.2) is 6.29 Å². The highest BCUT2D eigenvalue weighted by molar-refractivity contribution is 7.99. The minimum Gasteiger partial charge on any atom is -0.298 e. The summed E-state index contributed by atoms with van der Waals surface area (Å²) in [6.07, 6.45) is 2.32. The van der Waals surface area contributed by atoms with Gasteiger partial charge in [0.1, 0.15) is 5.03 Å². The van der Waals surface area contributed by atoms with Gasteiger partial charge in [-0.1, -0.05) is 18.2 Å². The molecule has 2 aromatic heterocycles. The summed E-state index contributed by atoms with van der Waals surface area (Å²) < 4.78 is 1.65. The Hall–Kier alpha value is -2.54. The number of carbonyl (C=O) groups excluding carboxylic acids is 1. The Morgan fingerprint density at radius 1 is 1.24 bits per heavy atom. The van der Waals surface area contributed by atoms with Crippen LogP contribution < -0.4 is 0 Å². The van der Waals surface area contributed by atoms with Gasteiger partial charge in [-0.2, -0.15) is 4.68 Å². The summed E-state index contributed by atoms with van der Waals surface area (Å²) in [6, 6.07) is 11.4. The van der Waals surface area contributed by atoms with E-state index < -0.39 is 0 Å². The lowest BCUT2D eigenvalue weighted by molar-refractivity contribution is 0.112. The second-order valence-corrected chi connectivity index (χ2v) is 5.28. The van der Waals surface area contributed by atoms with Crippen molar-refractivity contribution in [3.63, 3.8) is 0 Å². The maximum absolute atomic E-state index is 10.7. The van der Waals surface area contributed by atoms with E-state index in [2.05, 4.69) is 20.5 Å². The molecule has 6 nitrogen and oxygen atoms in total. The molecule has 3 rings (SSSR count). The lowest BCUT2D eigenvalue weighted by Gasteiger charge is -2.05. The molecule has 0 radical (unpaired) electrons. The van der Waals surface area contributed by atoms with Gasteiger partial charge in [-0.25, -0.2) is 4.98 Å². The van der Waals surface area contributed by atoms with Crippen molar-refractivity contribution in [3.05, 3.63) is 53.7 Å². The molecule has 104 valence electrons. The number of hydrogen-bond acceptors (Lipinski definition) is 6. The molecule has 0 spiro atoms. The first-order valence-electron chi connectivity index (χ1n) is 6.21. The van der Waals surface area contributed by atoms with Gasteiger partial charge in [0, 0.05) is 11.8 Å². The Bertz CT molecular complexity index is 772. The van der Waals surface area contributed by atoms with E-state index in [9.17, 15) is 4.79 Å². The van der Waals surface area contributed by atoms with Crippen LogP contribution >= 0.6 is 11.8 Å². The van der Waals surface area contributed by atoms with Gasteiger partial charge in [0.05, 0.1) is 5.69 Å². The van der Waals surface area contributed by atoms with Crippen LogP contribution in [0.3, 0.4) is 0 Å². The van der Waals surface area contributed by atoms with Crippen LogP contribution in [0.15, 0.2) is 52.8 Å². The summed E-state index contributed by atoms with van der Waals surface area (Å²) in [5, 5.41) is 13.1. The van der Waals surface area contributed by atoms with Crippen molar-refractivity contribution in [2.45, 2.75) is 17.1 Å². The van der Waals surface area contributed by atoms with E-state index >= 15 is 0 Å². The van der Waals surface area contributed by atoms with E-state index in [1.54, 1.807) is 16.9 Å². The van der Waals surface area contributed by atoms with E-state index in [1.165, 1.54) is 11.8 Å². The van der Waals surface area contributed by atoms with Crippen molar-refractivity contribution < 1.29 is 4.79 Å². The molecule has 0 saturated carbocycles. The molecule has 0 unspecified atom stereocenters. The summed E-state index contributed by atoms with van der Waals surface area (Å²) >= 11 is 1.36. The Labute approximate surface area is 125 Å². The standard InChI is InChI=1S/C14H11N5OS/c1-10-7-11(9-20)8-15-13(10)21-14-16-17-18-19(14)12-5-3-2-4-6-12/h2-9H,1H3. The molecule has 1 aromatic carbocycles. The smallest absolute Gasteiger partial charge is 0.220 e. The Morgan fingerprint density at radius 2 is 2.05 bits per heavy atom. The number of hydrogen-bond donors (Lipinski definition) is 0. The molecule has 3 aromatic rings. The van der Waals surface area contributed by atoms with Gasteiger partial charge in [-0.3, -0.25) is 4.79 Å². The van der Waals surface area contributed by atoms with Crippen molar-refractivity contribution >= 4 is 18.0 Å². The summed E-state index contributed by atoms with van der Waals surface area (Å²) in [6.45, 7) is 1.90. The number of para-hydroxylation sites is 1. The van der Waals surface area contributed by atoms with Gasteiger partial charge in [0.2, 0.25) is 5.16 Å². The highest BCUT2D eigenvalue weighted by Gasteiger charge is 2.12. The molecule has 0 aliphatic carbocycles. The van der Waals surface area contributed by atoms with Crippen molar-refractivity contribution in [2.75, 3.05) is 0 Å².